The van der Waals surface area contributed by atoms with Crippen molar-refractivity contribution in [3.05, 3.63) is 24.0 Å². The molecule has 0 unspecified atom stereocenters. The van der Waals surface area contributed by atoms with Crippen LogP contribution in [0.3, 0.4) is 0 Å². The predicted molar refractivity (Wildman–Crippen MR) is 66.1 cm³/mol. The number of aromatic nitrogens is 1. The monoisotopic (exact) mass is 251 g/mol. The molecule has 0 aliphatic carbocycles. The normalized spacial score (nSPS) is 10.2. The third-order valence-corrected chi connectivity index (χ3v) is 2.10. The average molecular weight is 251 g/mol. The summed E-state index contributed by atoms with van der Waals surface area (Å²) in [7, 11) is 0. The number of hydrogen-bond donors (Lipinski definition) is 3. The number of amides is 2. The van der Waals surface area contributed by atoms with Gasteiger partial charge in [0.1, 0.15) is 5.75 Å². The molecule has 0 saturated heterocycles. The number of hydrogen-bond acceptors (Lipinski definition) is 4. The van der Waals surface area contributed by atoms with Crippen molar-refractivity contribution in [2.45, 2.75) is 13.8 Å². The number of carbonyl (C=O) groups is 2. The molecule has 1 aromatic rings. The van der Waals surface area contributed by atoms with E-state index in [0.29, 0.717) is 12.5 Å². The van der Waals surface area contributed by atoms with E-state index < -0.39 is 5.91 Å². The molecule has 1 heterocycles. The molecule has 0 saturated carbocycles. The van der Waals surface area contributed by atoms with Crippen LogP contribution in [0.25, 0.3) is 0 Å². The van der Waals surface area contributed by atoms with Gasteiger partial charge in [-0.1, -0.05) is 13.8 Å². The number of aromatic hydroxyl groups is 1. The Morgan fingerprint density at radius 2 is 2.06 bits per heavy atom. The van der Waals surface area contributed by atoms with Crippen molar-refractivity contribution < 1.29 is 14.7 Å². The Hall–Kier alpha value is -2.11. The van der Waals surface area contributed by atoms with Crippen LogP contribution in [0.15, 0.2) is 18.5 Å². The fourth-order valence-corrected chi connectivity index (χ4v) is 1.20. The van der Waals surface area contributed by atoms with Gasteiger partial charge >= 0.3 is 0 Å². The first-order chi connectivity index (χ1) is 8.49. The molecule has 1 rings (SSSR count). The Morgan fingerprint density at radius 3 is 2.67 bits per heavy atom. The lowest BCUT2D eigenvalue weighted by Crippen LogP contribution is -2.38. The van der Waals surface area contributed by atoms with Gasteiger partial charge in [-0.15, -0.1) is 0 Å². The smallest absolute Gasteiger partial charge is 0.253 e. The van der Waals surface area contributed by atoms with Crippen LogP contribution >= 0.6 is 0 Å². The molecule has 3 N–H and O–H groups in total. The molecule has 0 aliphatic heterocycles. The van der Waals surface area contributed by atoms with Gasteiger partial charge in [0.05, 0.1) is 18.3 Å². The van der Waals surface area contributed by atoms with Crippen molar-refractivity contribution in [2.75, 3.05) is 13.1 Å². The van der Waals surface area contributed by atoms with Crippen molar-refractivity contribution in [2.24, 2.45) is 5.92 Å². The summed E-state index contributed by atoms with van der Waals surface area (Å²) >= 11 is 0. The van der Waals surface area contributed by atoms with E-state index in [2.05, 4.69) is 15.6 Å². The summed E-state index contributed by atoms with van der Waals surface area (Å²) in [5, 5.41) is 14.3. The van der Waals surface area contributed by atoms with E-state index in [1.54, 1.807) is 0 Å². The molecule has 1 aromatic heterocycles. The second kappa shape index (κ2) is 6.58. The molecule has 6 heteroatoms. The van der Waals surface area contributed by atoms with E-state index in [-0.39, 0.29) is 23.8 Å². The van der Waals surface area contributed by atoms with Gasteiger partial charge in [-0.05, 0) is 12.0 Å². The van der Waals surface area contributed by atoms with Gasteiger partial charge < -0.3 is 15.7 Å². The Kier molecular flexibility index (Phi) is 5.10. The van der Waals surface area contributed by atoms with Gasteiger partial charge in [-0.25, -0.2) is 0 Å². The highest BCUT2D eigenvalue weighted by molar-refractivity contribution is 5.96. The van der Waals surface area contributed by atoms with Crippen LogP contribution in [0.4, 0.5) is 0 Å². The molecule has 18 heavy (non-hydrogen) atoms. The van der Waals surface area contributed by atoms with E-state index in [4.69, 9.17) is 5.11 Å². The summed E-state index contributed by atoms with van der Waals surface area (Å²) in [6.07, 6.45) is 2.55. The molecular formula is C12H17N3O3. The lowest BCUT2D eigenvalue weighted by Gasteiger charge is -2.08. The largest absolute Gasteiger partial charge is 0.506 e. The molecule has 0 spiro atoms. The molecule has 0 atom stereocenters. The zero-order chi connectivity index (χ0) is 13.5. The standard InChI is InChI=1S/C12H17N3O3/c1-8(2)4-14-11(17)7-15-12(18)9-3-10(16)6-13-5-9/h3,5-6,8,16H,4,7H2,1-2H3,(H,14,17)(H,15,18). The average Bonchev–Trinajstić information content (AvgIpc) is 2.33. The molecule has 0 fully saturated rings. The zero-order valence-corrected chi connectivity index (χ0v) is 10.4. The van der Waals surface area contributed by atoms with Crippen molar-refractivity contribution in [1.29, 1.82) is 0 Å². The highest BCUT2D eigenvalue weighted by Gasteiger charge is 2.09. The van der Waals surface area contributed by atoms with Gasteiger partial charge in [0.2, 0.25) is 5.91 Å². The first-order valence-corrected chi connectivity index (χ1v) is 5.68. The second-order valence-corrected chi connectivity index (χ2v) is 4.31. The zero-order valence-electron chi connectivity index (χ0n) is 10.4. The van der Waals surface area contributed by atoms with Crippen molar-refractivity contribution in [3.8, 4) is 5.75 Å². The van der Waals surface area contributed by atoms with E-state index in [0.717, 1.165) is 0 Å². The maximum absolute atomic E-state index is 11.6. The molecule has 0 aromatic carbocycles. The van der Waals surface area contributed by atoms with Crippen molar-refractivity contribution in [1.82, 2.24) is 15.6 Å². The minimum Gasteiger partial charge on any atom is -0.506 e. The van der Waals surface area contributed by atoms with Crippen LogP contribution in [0.2, 0.25) is 0 Å². The highest BCUT2D eigenvalue weighted by Crippen LogP contribution is 2.07. The summed E-state index contributed by atoms with van der Waals surface area (Å²) < 4.78 is 0. The highest BCUT2D eigenvalue weighted by atomic mass is 16.3. The number of pyridine rings is 1. The third-order valence-electron chi connectivity index (χ3n) is 2.10. The second-order valence-electron chi connectivity index (χ2n) is 4.31. The third kappa shape index (κ3) is 4.82. The molecule has 98 valence electrons. The lowest BCUT2D eigenvalue weighted by atomic mass is 10.2. The predicted octanol–water partition coefficient (Wildman–Crippen LogP) is 0.289. The van der Waals surface area contributed by atoms with Crippen LogP contribution in [-0.2, 0) is 4.79 Å². The number of rotatable bonds is 5. The quantitative estimate of drug-likeness (QED) is 0.701. The Balaban J connectivity index is 2.39. The van der Waals surface area contributed by atoms with Gasteiger partial charge in [0.15, 0.2) is 0 Å². The lowest BCUT2D eigenvalue weighted by molar-refractivity contribution is -0.120. The van der Waals surface area contributed by atoms with Gasteiger partial charge in [0, 0.05) is 12.7 Å². The van der Waals surface area contributed by atoms with Crippen molar-refractivity contribution >= 4 is 11.8 Å². The Labute approximate surface area is 105 Å². The molecule has 6 nitrogen and oxygen atoms in total. The SMILES string of the molecule is CC(C)CNC(=O)CNC(=O)c1cncc(O)c1. The fourth-order valence-electron chi connectivity index (χ4n) is 1.20. The topological polar surface area (TPSA) is 91.3 Å². The molecule has 2 amide bonds. The summed E-state index contributed by atoms with van der Waals surface area (Å²) in [6.45, 7) is 4.44. The van der Waals surface area contributed by atoms with E-state index >= 15 is 0 Å². The minimum absolute atomic E-state index is 0.0908. The van der Waals surface area contributed by atoms with Gasteiger partial charge in [-0.2, -0.15) is 0 Å². The van der Waals surface area contributed by atoms with Gasteiger partial charge in [0.25, 0.3) is 5.91 Å². The van der Waals surface area contributed by atoms with Crippen LogP contribution in [0, 0.1) is 5.92 Å². The summed E-state index contributed by atoms with van der Waals surface area (Å²) in [4.78, 5) is 26.6. The fraction of sp³-hybridized carbons (Fsp3) is 0.417. The van der Waals surface area contributed by atoms with E-state index in [1.807, 2.05) is 13.8 Å². The Morgan fingerprint density at radius 1 is 1.33 bits per heavy atom. The number of nitrogens with zero attached hydrogens (tertiary/aromatic N) is 1. The molecule has 0 aliphatic rings. The molecular weight excluding hydrogens is 234 g/mol. The number of nitrogens with one attached hydrogen (secondary N) is 2. The van der Waals surface area contributed by atoms with E-state index in [9.17, 15) is 9.59 Å². The van der Waals surface area contributed by atoms with Crippen LogP contribution in [0.1, 0.15) is 24.2 Å². The van der Waals surface area contributed by atoms with Crippen LogP contribution in [-0.4, -0.2) is 35.0 Å². The van der Waals surface area contributed by atoms with Crippen LogP contribution < -0.4 is 10.6 Å². The first-order valence-electron chi connectivity index (χ1n) is 5.68. The van der Waals surface area contributed by atoms with Crippen LogP contribution in [0.5, 0.6) is 5.75 Å². The maximum atomic E-state index is 11.6. The molecule has 0 radical (unpaired) electrons. The van der Waals surface area contributed by atoms with E-state index in [1.165, 1.54) is 18.5 Å². The maximum Gasteiger partial charge on any atom is 0.253 e. The summed E-state index contributed by atoms with van der Waals surface area (Å²) in [5.41, 5.74) is 0.214. The first kappa shape index (κ1) is 14.0. The number of carbonyl (C=O) groups excluding carboxylic acids is 2. The molecule has 0 bridgehead atoms. The minimum atomic E-state index is -0.446. The Bertz CT molecular complexity index is 432. The van der Waals surface area contributed by atoms with Crippen molar-refractivity contribution in [3.63, 3.8) is 0 Å². The van der Waals surface area contributed by atoms with Gasteiger partial charge in [-0.3, -0.25) is 14.6 Å². The summed E-state index contributed by atoms with van der Waals surface area (Å²) in [5.74, 6) is -0.421. The summed E-state index contributed by atoms with van der Waals surface area (Å²) in [6, 6.07) is 1.29.